The van der Waals surface area contributed by atoms with Gasteiger partial charge in [0.2, 0.25) is 0 Å². The predicted molar refractivity (Wildman–Crippen MR) is 77.1 cm³/mol. The first-order valence-electron chi connectivity index (χ1n) is 6.33. The molecule has 0 bridgehead atoms. The summed E-state index contributed by atoms with van der Waals surface area (Å²) in [7, 11) is 3.31. The molecule has 0 atom stereocenters. The van der Waals surface area contributed by atoms with Gasteiger partial charge in [-0.15, -0.1) is 0 Å². The average Bonchev–Trinajstić information content (AvgIpc) is 2.84. The van der Waals surface area contributed by atoms with E-state index >= 15 is 0 Å². The van der Waals surface area contributed by atoms with E-state index in [1.165, 1.54) is 0 Å². The van der Waals surface area contributed by atoms with E-state index in [2.05, 4.69) is 9.97 Å². The van der Waals surface area contributed by atoms with Gasteiger partial charge in [-0.05, 0) is 23.6 Å². The summed E-state index contributed by atoms with van der Waals surface area (Å²) < 4.78 is 11.0. The van der Waals surface area contributed by atoms with Crippen molar-refractivity contribution in [1.29, 1.82) is 0 Å². The third kappa shape index (κ3) is 1.25. The number of rotatable bonds is 2. The fraction of sp³-hybridized carbons (Fsp3) is 0.125. The number of pyridine rings is 2. The van der Waals surface area contributed by atoms with Crippen LogP contribution in [0.15, 0.2) is 36.8 Å². The normalized spacial score (nSPS) is 11.5. The number of hydrogen-bond donors (Lipinski definition) is 0. The molecule has 0 saturated carbocycles. The molecular weight excluding hydrogens is 252 g/mol. The summed E-state index contributed by atoms with van der Waals surface area (Å²) in [6.07, 6.45) is 5.46. The van der Waals surface area contributed by atoms with Gasteiger partial charge in [-0.2, -0.15) is 0 Å². The first-order chi connectivity index (χ1) is 9.85. The zero-order valence-electron chi connectivity index (χ0n) is 11.2. The lowest BCUT2D eigenvalue weighted by Crippen LogP contribution is -1.93. The molecule has 0 amide bonds. The molecule has 0 spiro atoms. The lowest BCUT2D eigenvalue weighted by atomic mass is 10.0. The van der Waals surface area contributed by atoms with E-state index in [0.717, 1.165) is 44.7 Å². The van der Waals surface area contributed by atoms with Crippen LogP contribution < -0.4 is 9.47 Å². The van der Waals surface area contributed by atoms with E-state index in [-0.39, 0.29) is 0 Å². The fourth-order valence-corrected chi connectivity index (χ4v) is 2.92. The van der Waals surface area contributed by atoms with E-state index in [0.29, 0.717) is 0 Å². The monoisotopic (exact) mass is 264 g/mol. The lowest BCUT2D eigenvalue weighted by Gasteiger charge is -2.13. The smallest absolute Gasteiger partial charge is 0.169 e. The maximum Gasteiger partial charge on any atom is 0.169 e. The SMILES string of the molecule is COc1cc2ccnc3c2c(c1OC)-c1cnccc1-3. The number of ether oxygens (including phenoxy) is 2. The molecule has 0 fully saturated rings. The van der Waals surface area contributed by atoms with Crippen LogP contribution in [0.25, 0.3) is 33.2 Å². The maximum atomic E-state index is 5.58. The van der Waals surface area contributed by atoms with Crippen molar-refractivity contribution >= 4 is 10.8 Å². The molecule has 0 radical (unpaired) electrons. The van der Waals surface area contributed by atoms with Gasteiger partial charge in [-0.1, -0.05) is 0 Å². The summed E-state index contributed by atoms with van der Waals surface area (Å²) in [5.74, 6) is 1.46. The minimum atomic E-state index is 0.726. The summed E-state index contributed by atoms with van der Waals surface area (Å²) in [5.41, 5.74) is 4.14. The van der Waals surface area contributed by atoms with Gasteiger partial charge in [0, 0.05) is 40.7 Å². The third-order valence-electron chi connectivity index (χ3n) is 3.74. The molecule has 0 N–H and O–H groups in total. The number of hydrogen-bond acceptors (Lipinski definition) is 4. The molecule has 98 valence electrons. The first-order valence-corrected chi connectivity index (χ1v) is 6.33. The second-order valence-electron chi connectivity index (χ2n) is 4.67. The summed E-state index contributed by atoms with van der Waals surface area (Å²) in [4.78, 5) is 8.76. The Morgan fingerprint density at radius 3 is 2.70 bits per heavy atom. The van der Waals surface area contributed by atoms with Crippen molar-refractivity contribution in [2.45, 2.75) is 0 Å². The number of aromatic nitrogens is 2. The van der Waals surface area contributed by atoms with Crippen molar-refractivity contribution in [2.75, 3.05) is 14.2 Å². The minimum absolute atomic E-state index is 0.726. The van der Waals surface area contributed by atoms with Gasteiger partial charge in [0.15, 0.2) is 11.5 Å². The Kier molecular flexibility index (Phi) is 2.21. The Morgan fingerprint density at radius 1 is 1.00 bits per heavy atom. The summed E-state index contributed by atoms with van der Waals surface area (Å²) in [6, 6.07) is 5.97. The highest BCUT2D eigenvalue weighted by molar-refractivity contribution is 6.16. The number of fused-ring (bicyclic) bond motifs is 3. The molecule has 3 aromatic rings. The molecule has 0 saturated heterocycles. The summed E-state index contributed by atoms with van der Waals surface area (Å²) in [5, 5.41) is 2.20. The summed E-state index contributed by atoms with van der Waals surface area (Å²) in [6.45, 7) is 0. The van der Waals surface area contributed by atoms with Gasteiger partial charge >= 0.3 is 0 Å². The molecule has 1 aromatic carbocycles. The van der Waals surface area contributed by atoms with E-state index in [1.807, 2.05) is 30.6 Å². The molecule has 1 aliphatic rings. The van der Waals surface area contributed by atoms with Crippen LogP contribution in [-0.2, 0) is 0 Å². The van der Waals surface area contributed by atoms with Crippen molar-refractivity contribution in [3.8, 4) is 33.9 Å². The molecular formula is C16H12N2O2. The van der Waals surface area contributed by atoms with E-state index in [4.69, 9.17) is 9.47 Å². The molecule has 1 aliphatic carbocycles. The second-order valence-corrected chi connectivity index (χ2v) is 4.67. The summed E-state index contributed by atoms with van der Waals surface area (Å²) >= 11 is 0. The Morgan fingerprint density at radius 2 is 1.90 bits per heavy atom. The van der Waals surface area contributed by atoms with Gasteiger partial charge in [0.05, 0.1) is 19.9 Å². The van der Waals surface area contributed by atoms with Crippen LogP contribution >= 0.6 is 0 Å². The highest BCUT2D eigenvalue weighted by Gasteiger charge is 2.28. The van der Waals surface area contributed by atoms with Gasteiger partial charge in [0.25, 0.3) is 0 Å². The number of nitrogens with zero attached hydrogens (tertiary/aromatic N) is 2. The van der Waals surface area contributed by atoms with Crippen LogP contribution in [0.3, 0.4) is 0 Å². The minimum Gasteiger partial charge on any atom is -0.493 e. The van der Waals surface area contributed by atoms with Crippen LogP contribution in [0.1, 0.15) is 0 Å². The van der Waals surface area contributed by atoms with E-state index in [9.17, 15) is 0 Å². The van der Waals surface area contributed by atoms with Crippen LogP contribution in [-0.4, -0.2) is 24.2 Å². The zero-order valence-corrected chi connectivity index (χ0v) is 11.2. The molecule has 2 aromatic heterocycles. The molecule has 20 heavy (non-hydrogen) atoms. The largest absolute Gasteiger partial charge is 0.493 e. The number of benzene rings is 1. The molecule has 4 heteroatoms. The quantitative estimate of drug-likeness (QED) is 0.557. The van der Waals surface area contributed by atoms with Crippen LogP contribution in [0.4, 0.5) is 0 Å². The van der Waals surface area contributed by atoms with Crippen LogP contribution in [0.2, 0.25) is 0 Å². The highest BCUT2D eigenvalue weighted by atomic mass is 16.5. The van der Waals surface area contributed by atoms with Gasteiger partial charge in [0.1, 0.15) is 0 Å². The van der Waals surface area contributed by atoms with Crippen molar-refractivity contribution in [1.82, 2.24) is 9.97 Å². The van der Waals surface area contributed by atoms with Gasteiger partial charge < -0.3 is 9.47 Å². The molecule has 4 nitrogen and oxygen atoms in total. The highest BCUT2D eigenvalue weighted by Crippen LogP contribution is 2.52. The van der Waals surface area contributed by atoms with E-state index < -0.39 is 0 Å². The van der Waals surface area contributed by atoms with Crippen LogP contribution in [0, 0.1) is 0 Å². The van der Waals surface area contributed by atoms with Crippen molar-refractivity contribution in [3.63, 3.8) is 0 Å². The first kappa shape index (κ1) is 11.2. The van der Waals surface area contributed by atoms with E-state index in [1.54, 1.807) is 20.4 Å². The Hall–Kier alpha value is -2.62. The molecule has 0 aliphatic heterocycles. The van der Waals surface area contributed by atoms with Gasteiger partial charge in [-0.25, -0.2) is 0 Å². The Labute approximate surface area is 116 Å². The predicted octanol–water partition coefficient (Wildman–Crippen LogP) is 3.29. The average molecular weight is 264 g/mol. The topological polar surface area (TPSA) is 44.2 Å². The zero-order chi connectivity index (χ0) is 13.7. The Balaban J connectivity index is 2.25. The fourth-order valence-electron chi connectivity index (χ4n) is 2.92. The molecule has 2 heterocycles. The van der Waals surface area contributed by atoms with Crippen molar-refractivity contribution < 1.29 is 9.47 Å². The third-order valence-corrected chi connectivity index (χ3v) is 3.74. The van der Waals surface area contributed by atoms with Crippen molar-refractivity contribution in [3.05, 3.63) is 36.8 Å². The standard InChI is InChI=1S/C16H12N2O2/c1-19-12-7-9-3-6-18-15-10-4-5-17-8-11(10)14(13(9)15)16(12)20-2/h3-8H,1-2H3. The lowest BCUT2D eigenvalue weighted by molar-refractivity contribution is 0.357. The van der Waals surface area contributed by atoms with Crippen molar-refractivity contribution in [2.24, 2.45) is 0 Å². The second kappa shape index (κ2) is 3.93. The van der Waals surface area contributed by atoms with Crippen LogP contribution in [0.5, 0.6) is 11.5 Å². The van der Waals surface area contributed by atoms with Gasteiger partial charge in [-0.3, -0.25) is 9.97 Å². The maximum absolute atomic E-state index is 5.58. The molecule has 4 rings (SSSR count). The number of methoxy groups -OCH3 is 2. The molecule has 0 unspecified atom stereocenters. The Bertz CT molecular complexity index is 843.